The number of esters is 1. The Balaban J connectivity index is 2.27. The quantitative estimate of drug-likeness (QED) is 0.453. The molecule has 5 nitrogen and oxygen atoms in total. The van der Waals surface area contributed by atoms with E-state index >= 15 is 0 Å². The normalized spacial score (nSPS) is 20.3. The van der Waals surface area contributed by atoms with E-state index in [1.807, 2.05) is 33.8 Å². The van der Waals surface area contributed by atoms with Gasteiger partial charge in [-0.2, -0.15) is 0 Å². The van der Waals surface area contributed by atoms with Gasteiger partial charge in [0.2, 0.25) is 0 Å². The Morgan fingerprint density at radius 1 is 1.30 bits per heavy atom. The lowest BCUT2D eigenvalue weighted by Gasteiger charge is -2.32. The summed E-state index contributed by atoms with van der Waals surface area (Å²) in [5, 5.41) is 0. The molecule has 0 aliphatic carbocycles. The van der Waals surface area contributed by atoms with E-state index in [-0.39, 0.29) is 18.2 Å². The highest BCUT2D eigenvalue weighted by Gasteiger charge is 2.54. The summed E-state index contributed by atoms with van der Waals surface area (Å²) in [4.78, 5) is 24.4. The molecule has 0 aromatic carbocycles. The van der Waals surface area contributed by atoms with E-state index in [4.69, 9.17) is 14.0 Å². The molecule has 0 spiro atoms. The summed E-state index contributed by atoms with van der Waals surface area (Å²) < 4.78 is 17.3. The van der Waals surface area contributed by atoms with Gasteiger partial charge in [-0.3, -0.25) is 9.59 Å². The van der Waals surface area contributed by atoms with Crippen molar-refractivity contribution in [2.24, 2.45) is 0 Å². The molecule has 1 atom stereocenters. The molecular formula is C16H23BO5S. The zero-order valence-electron chi connectivity index (χ0n) is 14.3. The van der Waals surface area contributed by atoms with E-state index in [9.17, 15) is 9.59 Å². The van der Waals surface area contributed by atoms with Crippen molar-refractivity contribution < 1.29 is 23.6 Å². The first-order chi connectivity index (χ1) is 10.7. The number of ether oxygens (including phenoxy) is 1. The summed E-state index contributed by atoms with van der Waals surface area (Å²) in [6.07, 6.45) is 0.962. The second kappa shape index (κ2) is 6.75. The molecule has 2 heterocycles. The Kier molecular flexibility index (Phi) is 5.33. The van der Waals surface area contributed by atoms with Gasteiger partial charge in [-0.15, -0.1) is 11.3 Å². The summed E-state index contributed by atoms with van der Waals surface area (Å²) in [7, 11) is -0.553. The van der Waals surface area contributed by atoms with Crippen LogP contribution in [0.2, 0.25) is 0 Å². The highest BCUT2D eigenvalue weighted by atomic mass is 32.1. The molecule has 1 aliphatic rings. The van der Waals surface area contributed by atoms with E-state index in [0.29, 0.717) is 11.5 Å². The predicted molar refractivity (Wildman–Crippen MR) is 89.8 cm³/mol. The lowest BCUT2D eigenvalue weighted by Crippen LogP contribution is -2.41. The van der Waals surface area contributed by atoms with Crippen molar-refractivity contribution in [3.63, 3.8) is 0 Å². The van der Waals surface area contributed by atoms with Gasteiger partial charge in [-0.05, 0) is 46.8 Å². The smallest absolute Gasteiger partial charge is 0.466 e. The molecule has 1 aromatic heterocycles. The first kappa shape index (κ1) is 18.2. The third kappa shape index (κ3) is 3.84. The van der Waals surface area contributed by atoms with Gasteiger partial charge in [0.15, 0.2) is 6.29 Å². The molecule has 0 N–H and O–H groups in total. The average Bonchev–Trinajstić information content (AvgIpc) is 2.99. The molecular weight excluding hydrogens is 315 g/mol. The van der Waals surface area contributed by atoms with Gasteiger partial charge in [-0.25, -0.2) is 0 Å². The van der Waals surface area contributed by atoms with E-state index in [2.05, 4.69) is 0 Å². The van der Waals surface area contributed by atoms with Gasteiger partial charge in [0.05, 0.1) is 29.1 Å². The summed E-state index contributed by atoms with van der Waals surface area (Å²) in [6, 6.07) is 3.60. The van der Waals surface area contributed by atoms with E-state index in [1.165, 1.54) is 11.3 Å². The van der Waals surface area contributed by atoms with Crippen LogP contribution in [0.4, 0.5) is 0 Å². The minimum atomic E-state index is -0.553. The fourth-order valence-electron chi connectivity index (χ4n) is 2.41. The van der Waals surface area contributed by atoms with Crippen LogP contribution in [0.5, 0.6) is 0 Å². The van der Waals surface area contributed by atoms with Crippen LogP contribution < -0.4 is 0 Å². The van der Waals surface area contributed by atoms with Crippen molar-refractivity contribution in [2.45, 2.75) is 58.1 Å². The lowest BCUT2D eigenvalue weighted by molar-refractivity contribution is -0.143. The van der Waals surface area contributed by atoms with Crippen LogP contribution >= 0.6 is 11.3 Å². The molecule has 1 unspecified atom stereocenters. The van der Waals surface area contributed by atoms with Crippen LogP contribution in [-0.2, 0) is 18.8 Å². The van der Waals surface area contributed by atoms with Crippen molar-refractivity contribution in [2.75, 3.05) is 6.61 Å². The topological polar surface area (TPSA) is 61.8 Å². The molecule has 1 fully saturated rings. The van der Waals surface area contributed by atoms with Gasteiger partial charge in [0.25, 0.3) is 0 Å². The van der Waals surface area contributed by atoms with E-state index < -0.39 is 18.3 Å². The first-order valence-corrected chi connectivity index (χ1v) is 8.58. The molecule has 0 bridgehead atoms. The van der Waals surface area contributed by atoms with Crippen molar-refractivity contribution in [3.05, 3.63) is 21.9 Å². The molecule has 1 saturated heterocycles. The monoisotopic (exact) mass is 338 g/mol. The number of carbonyl (C=O) groups is 2. The minimum Gasteiger partial charge on any atom is -0.466 e. The highest BCUT2D eigenvalue weighted by Crippen LogP contribution is 2.42. The van der Waals surface area contributed by atoms with Gasteiger partial charge < -0.3 is 14.0 Å². The van der Waals surface area contributed by atoms with Crippen LogP contribution in [0.1, 0.15) is 61.4 Å². The molecule has 1 aromatic rings. The Morgan fingerprint density at radius 2 is 1.91 bits per heavy atom. The van der Waals surface area contributed by atoms with Crippen molar-refractivity contribution in [3.8, 4) is 0 Å². The Bertz CT molecular complexity index is 565. The van der Waals surface area contributed by atoms with Gasteiger partial charge in [-0.1, -0.05) is 0 Å². The van der Waals surface area contributed by atoms with Crippen molar-refractivity contribution >= 4 is 30.7 Å². The Morgan fingerprint density at radius 3 is 2.39 bits per heavy atom. The predicted octanol–water partition coefficient (Wildman–Crippen LogP) is 3.23. The summed E-state index contributed by atoms with van der Waals surface area (Å²) in [5.41, 5.74) is -0.954. The first-order valence-electron chi connectivity index (χ1n) is 7.76. The van der Waals surface area contributed by atoms with Crippen LogP contribution in [0.25, 0.3) is 0 Å². The zero-order valence-corrected chi connectivity index (χ0v) is 15.1. The third-order valence-corrected chi connectivity index (χ3v) is 5.56. The highest BCUT2D eigenvalue weighted by molar-refractivity contribution is 7.14. The lowest BCUT2D eigenvalue weighted by atomic mass is 9.69. The average molecular weight is 338 g/mol. The van der Waals surface area contributed by atoms with Crippen molar-refractivity contribution in [1.29, 1.82) is 0 Å². The molecule has 7 heteroatoms. The van der Waals surface area contributed by atoms with E-state index in [1.54, 1.807) is 13.0 Å². The maximum Gasteiger partial charge on any atom is 0.467 e. The molecule has 126 valence electrons. The molecule has 1 aliphatic heterocycles. The van der Waals surface area contributed by atoms with Crippen LogP contribution in [0, 0.1) is 0 Å². The van der Waals surface area contributed by atoms with Gasteiger partial charge >= 0.3 is 13.1 Å². The summed E-state index contributed by atoms with van der Waals surface area (Å²) in [5.74, 6) is -0.595. The van der Waals surface area contributed by atoms with Gasteiger partial charge in [0, 0.05) is 10.7 Å². The maximum atomic E-state index is 12.0. The Hall–Kier alpha value is -1.18. The van der Waals surface area contributed by atoms with Crippen LogP contribution in [-0.4, -0.2) is 37.2 Å². The number of rotatable bonds is 6. The fourth-order valence-corrected chi connectivity index (χ4v) is 3.35. The van der Waals surface area contributed by atoms with E-state index in [0.717, 1.165) is 11.2 Å². The molecule has 0 amide bonds. The molecule has 2 rings (SSSR count). The Labute approximate surface area is 141 Å². The molecule has 23 heavy (non-hydrogen) atoms. The number of hydrogen-bond donors (Lipinski definition) is 0. The van der Waals surface area contributed by atoms with Crippen molar-refractivity contribution in [1.82, 2.24) is 0 Å². The van der Waals surface area contributed by atoms with Gasteiger partial charge in [0.1, 0.15) is 0 Å². The zero-order chi connectivity index (χ0) is 17.3. The summed E-state index contributed by atoms with van der Waals surface area (Å²) in [6.45, 7) is 10.00. The number of thiophene rings is 1. The number of carbonyl (C=O) groups excluding carboxylic acids is 2. The molecule has 0 saturated carbocycles. The standard InChI is InChI=1S/C16H23BO5S/c1-6-20-14(19)9-12(13-8-7-11(10-18)23-13)17-21-15(2,3)16(4,5)22-17/h7-8,10,12H,6,9H2,1-5H3. The van der Waals surface area contributed by atoms with Crippen LogP contribution in [0.3, 0.4) is 0 Å². The third-order valence-electron chi connectivity index (χ3n) is 4.42. The summed E-state index contributed by atoms with van der Waals surface area (Å²) >= 11 is 1.35. The molecule has 0 radical (unpaired) electrons. The number of hydrogen-bond acceptors (Lipinski definition) is 6. The maximum absolute atomic E-state index is 12.0. The second-order valence-electron chi connectivity index (χ2n) is 6.60. The second-order valence-corrected chi connectivity index (χ2v) is 7.75. The minimum absolute atomic E-state index is 0.156. The SMILES string of the molecule is CCOC(=O)CC(B1OC(C)(C)C(C)(C)O1)c1ccc(C=O)s1. The fraction of sp³-hybridized carbons (Fsp3) is 0.625. The number of aldehydes is 1. The van der Waals surface area contributed by atoms with Crippen LogP contribution in [0.15, 0.2) is 12.1 Å². The largest absolute Gasteiger partial charge is 0.467 e.